The van der Waals surface area contributed by atoms with E-state index in [2.05, 4.69) is 36.1 Å². The summed E-state index contributed by atoms with van der Waals surface area (Å²) >= 11 is 6.60. The molecule has 0 saturated carbocycles. The van der Waals surface area contributed by atoms with Crippen LogP contribution >= 0.6 is 11.6 Å². The van der Waals surface area contributed by atoms with E-state index >= 15 is 4.39 Å². The van der Waals surface area contributed by atoms with Gasteiger partial charge in [-0.25, -0.2) is 9.37 Å². The summed E-state index contributed by atoms with van der Waals surface area (Å²) in [5.41, 5.74) is 1.52. The number of imide groups is 1. The van der Waals surface area contributed by atoms with E-state index in [9.17, 15) is 24.0 Å². The number of ether oxygens (including phenoxy) is 1. The van der Waals surface area contributed by atoms with E-state index in [1.807, 2.05) is 36.9 Å². The summed E-state index contributed by atoms with van der Waals surface area (Å²) in [6.07, 6.45) is 5.97. The molecule has 16 nitrogen and oxygen atoms in total. The maximum absolute atomic E-state index is 15.7. The molecule has 6 heterocycles. The van der Waals surface area contributed by atoms with E-state index in [1.165, 1.54) is 13.1 Å². The number of amides is 4. The van der Waals surface area contributed by atoms with Crippen LogP contribution in [0.2, 0.25) is 5.02 Å². The third-order valence-corrected chi connectivity index (χ3v) is 12.9. The minimum atomic E-state index is -0.873. The van der Waals surface area contributed by atoms with Crippen molar-refractivity contribution < 1.29 is 28.3 Å². The summed E-state index contributed by atoms with van der Waals surface area (Å²) in [5.74, 6) is -0.867. The van der Waals surface area contributed by atoms with E-state index in [-0.39, 0.29) is 59.6 Å². The Morgan fingerprint density at radius 1 is 1.02 bits per heavy atom. The first-order valence-electron chi connectivity index (χ1n) is 21.3. The Labute approximate surface area is 363 Å². The molecule has 2 aromatic heterocycles. The van der Waals surface area contributed by atoms with Gasteiger partial charge in [0.1, 0.15) is 11.1 Å². The van der Waals surface area contributed by atoms with Gasteiger partial charge in [-0.15, -0.1) is 0 Å². The third-order valence-electron chi connectivity index (χ3n) is 12.6. The molecule has 2 aromatic carbocycles. The zero-order chi connectivity index (χ0) is 43.7. The number of nitrogens with zero attached hydrogens (tertiary/aromatic N) is 6. The summed E-state index contributed by atoms with van der Waals surface area (Å²) in [7, 11) is 1.51. The molecule has 4 aliphatic heterocycles. The summed E-state index contributed by atoms with van der Waals surface area (Å²) in [5, 5.41) is 11.7. The monoisotopic (exact) mass is 870 g/mol. The number of fused-ring (bicyclic) bond motifs is 1. The van der Waals surface area contributed by atoms with Crippen molar-refractivity contribution in [3.8, 4) is 5.75 Å². The van der Waals surface area contributed by atoms with E-state index < -0.39 is 23.7 Å². The number of pyridine rings is 1. The first-order chi connectivity index (χ1) is 29.8. The van der Waals surface area contributed by atoms with E-state index in [0.717, 1.165) is 82.4 Å². The second-order valence-electron chi connectivity index (χ2n) is 17.2. The van der Waals surface area contributed by atoms with Gasteiger partial charge in [-0.1, -0.05) is 17.7 Å². The lowest BCUT2D eigenvalue weighted by Gasteiger charge is -2.55. The van der Waals surface area contributed by atoms with Gasteiger partial charge in [0.25, 0.3) is 17.4 Å². The molecule has 4 aromatic rings. The smallest absolute Gasteiger partial charge is 0.293 e. The summed E-state index contributed by atoms with van der Waals surface area (Å²) in [4.78, 5) is 77.8. The lowest BCUT2D eigenvalue weighted by molar-refractivity contribution is -0.134. The van der Waals surface area contributed by atoms with Crippen molar-refractivity contribution in [2.75, 3.05) is 74.6 Å². The zero-order valence-corrected chi connectivity index (χ0v) is 35.9. The van der Waals surface area contributed by atoms with Crippen LogP contribution in [0.5, 0.6) is 5.75 Å². The number of anilines is 4. The molecule has 4 amide bonds. The van der Waals surface area contributed by atoms with Crippen LogP contribution < -0.4 is 41.4 Å². The molecule has 4 saturated heterocycles. The number of likely N-dealkylation sites (N-methyl/N-ethyl adjacent to an activating group) is 1. The van der Waals surface area contributed by atoms with Gasteiger partial charge in [0.15, 0.2) is 24.0 Å². The Morgan fingerprint density at radius 3 is 2.48 bits per heavy atom. The van der Waals surface area contributed by atoms with E-state index in [4.69, 9.17) is 21.3 Å². The van der Waals surface area contributed by atoms with Crippen LogP contribution in [0, 0.1) is 17.2 Å². The molecule has 4 fully saturated rings. The van der Waals surface area contributed by atoms with E-state index in [1.54, 1.807) is 29.0 Å². The molecule has 0 bridgehead atoms. The quantitative estimate of drug-likeness (QED) is 0.148. The number of benzene rings is 2. The summed E-state index contributed by atoms with van der Waals surface area (Å²) in [6.45, 7) is 9.63. The fourth-order valence-corrected chi connectivity index (χ4v) is 9.25. The Kier molecular flexibility index (Phi) is 12.4. The number of hydrogen-bond donors (Lipinski definition) is 4. The second kappa shape index (κ2) is 17.9. The van der Waals surface area contributed by atoms with Crippen molar-refractivity contribution in [1.82, 2.24) is 35.4 Å². The lowest BCUT2D eigenvalue weighted by Crippen LogP contribution is -2.61. The highest BCUT2D eigenvalue weighted by Gasteiger charge is 2.46. The molecule has 4 N–H and O–H groups in total. The third kappa shape index (κ3) is 9.05. The van der Waals surface area contributed by atoms with Crippen molar-refractivity contribution in [3.63, 3.8) is 0 Å². The average Bonchev–Trinajstić information content (AvgIpc) is 3.24. The number of rotatable bonds is 12. The van der Waals surface area contributed by atoms with Gasteiger partial charge in [-0.05, 0) is 101 Å². The Morgan fingerprint density at radius 2 is 1.77 bits per heavy atom. The van der Waals surface area contributed by atoms with Gasteiger partial charge in [0.2, 0.25) is 17.8 Å². The number of carbonyl (C=O) groups excluding carboxylic acids is 4. The molecule has 4 aliphatic rings. The van der Waals surface area contributed by atoms with Crippen LogP contribution in [-0.2, 0) is 14.4 Å². The van der Waals surface area contributed by atoms with Crippen LogP contribution in [0.25, 0.3) is 10.9 Å². The van der Waals surface area contributed by atoms with Gasteiger partial charge < -0.3 is 40.0 Å². The number of carbonyl (C=O) groups is 4. The predicted molar refractivity (Wildman–Crippen MR) is 234 cm³/mol. The highest BCUT2D eigenvalue weighted by molar-refractivity contribution is 6.33. The molecular formula is C44H52ClFN10O6. The molecule has 1 atom stereocenters. The van der Waals surface area contributed by atoms with Crippen LogP contribution in [-0.4, -0.2) is 109 Å². The van der Waals surface area contributed by atoms with Crippen LogP contribution in [0.15, 0.2) is 53.5 Å². The zero-order valence-electron chi connectivity index (χ0n) is 35.1. The van der Waals surface area contributed by atoms with Crippen molar-refractivity contribution in [2.45, 2.75) is 64.5 Å². The largest absolute Gasteiger partial charge is 0.478 e. The van der Waals surface area contributed by atoms with Crippen molar-refractivity contribution in [1.29, 1.82) is 0 Å². The fraction of sp³-hybridized carbons (Fsp3) is 0.477. The van der Waals surface area contributed by atoms with Crippen LogP contribution in [0.3, 0.4) is 0 Å². The average molecular weight is 871 g/mol. The van der Waals surface area contributed by atoms with Gasteiger partial charge in [0, 0.05) is 68.7 Å². The van der Waals surface area contributed by atoms with Gasteiger partial charge in [0.05, 0.1) is 23.0 Å². The number of halogens is 2. The summed E-state index contributed by atoms with van der Waals surface area (Å²) < 4.78 is 22.9. The Hall–Kier alpha value is -5.81. The summed E-state index contributed by atoms with van der Waals surface area (Å²) in [6, 6.07) is 11.0. The SMILES string of the molecule is CNC(=O)COc1cc2cc(Nc3nc(N4CCC(CN5CCC6(CC5)CN(c5cccc(C(=O)NC7CCC(=O)NC7=O)c5F)C6)CC4)ncc3Cl)ccc2n(C(C)C)c1=O. The van der Waals surface area contributed by atoms with Gasteiger partial charge >= 0.3 is 0 Å². The Balaban J connectivity index is 0.824. The number of aromatic nitrogens is 3. The molecule has 1 spiro atoms. The first kappa shape index (κ1) is 42.9. The maximum atomic E-state index is 15.7. The van der Waals surface area contributed by atoms with Crippen LogP contribution in [0.1, 0.15) is 68.8 Å². The highest BCUT2D eigenvalue weighted by Crippen LogP contribution is 2.44. The molecule has 328 valence electrons. The number of nitrogens with one attached hydrogen (secondary N) is 4. The fourth-order valence-electron chi connectivity index (χ4n) is 9.11. The maximum Gasteiger partial charge on any atom is 0.293 e. The topological polar surface area (TPSA) is 183 Å². The minimum absolute atomic E-state index is 0.0874. The normalized spacial score (nSPS) is 19.4. The second-order valence-corrected chi connectivity index (χ2v) is 17.6. The standard InChI is InChI=1S/C44H52ClFN10O6/c1-26(2)56-33-9-7-29(19-28(33)20-35(42(56)61)62-23-37(58)47-3)49-39-31(45)21-48-43(52-39)54-15-11-27(12-16-54)22-53-17-13-44(14-18-53)24-55(25-44)34-6-4-5-30(38(34)46)40(59)50-32-8-10-36(57)51-41(32)60/h4-7,9,19-21,26-27,32H,8,10-18,22-25H2,1-3H3,(H,47,58)(H,50,59)(H,48,49,52)(H,51,57,60). The molecule has 0 aliphatic carbocycles. The van der Waals surface area contributed by atoms with E-state index in [0.29, 0.717) is 34.1 Å². The predicted octanol–water partition coefficient (Wildman–Crippen LogP) is 4.39. The van der Waals surface area contributed by atoms with Gasteiger partial charge in [-0.3, -0.25) is 29.3 Å². The van der Waals surface area contributed by atoms with Crippen molar-refractivity contribution >= 4 is 69.3 Å². The molecule has 18 heteroatoms. The first-order valence-corrected chi connectivity index (χ1v) is 21.6. The molecule has 0 radical (unpaired) electrons. The lowest BCUT2D eigenvalue weighted by atomic mass is 9.71. The molecule has 1 unspecified atom stereocenters. The molecular weight excluding hydrogens is 819 g/mol. The number of hydrogen-bond acceptors (Lipinski definition) is 12. The Bertz CT molecular complexity index is 2440. The highest BCUT2D eigenvalue weighted by atomic mass is 35.5. The van der Waals surface area contributed by atoms with Crippen LogP contribution in [0.4, 0.5) is 27.5 Å². The molecule has 62 heavy (non-hydrogen) atoms. The number of likely N-dealkylation sites (tertiary alicyclic amines) is 1. The molecule has 8 rings (SSSR count). The van der Waals surface area contributed by atoms with Crippen molar-refractivity contribution in [3.05, 3.63) is 75.4 Å². The number of piperidine rings is 3. The minimum Gasteiger partial charge on any atom is -0.478 e. The van der Waals surface area contributed by atoms with Crippen molar-refractivity contribution in [2.24, 2.45) is 11.3 Å². The van der Waals surface area contributed by atoms with Gasteiger partial charge in [-0.2, -0.15) is 4.98 Å².